The normalized spacial score (nSPS) is 11.4. The molecule has 5 heteroatoms. The molecule has 4 aromatic rings. The van der Waals surface area contributed by atoms with Crippen molar-refractivity contribution in [1.29, 1.82) is 0 Å². The molecule has 138 valence electrons. The Bertz CT molecular complexity index is 1140. The maximum absolute atomic E-state index is 12.5. The Morgan fingerprint density at radius 1 is 1.22 bits per heavy atom. The molecule has 0 spiro atoms. The van der Waals surface area contributed by atoms with E-state index >= 15 is 0 Å². The number of aromatic amines is 1. The molecule has 0 radical (unpaired) electrons. The Balaban J connectivity index is 1.45. The monoisotopic (exact) mass is 360 g/mol. The first-order valence-electron chi connectivity index (χ1n) is 9.37. The first-order valence-corrected chi connectivity index (χ1v) is 9.37. The van der Waals surface area contributed by atoms with Gasteiger partial charge < -0.3 is 14.9 Å². The van der Waals surface area contributed by atoms with Gasteiger partial charge in [0.2, 0.25) is 0 Å². The second-order valence-corrected chi connectivity index (χ2v) is 6.93. The summed E-state index contributed by atoms with van der Waals surface area (Å²) in [5, 5.41) is 4.27. The van der Waals surface area contributed by atoms with Crippen LogP contribution in [0.3, 0.4) is 0 Å². The zero-order valence-electron chi connectivity index (χ0n) is 16.0. The summed E-state index contributed by atoms with van der Waals surface area (Å²) in [5.41, 5.74) is 6.30. The van der Waals surface area contributed by atoms with Crippen LogP contribution in [0.4, 0.5) is 0 Å². The smallest absolute Gasteiger partial charge is 0.251 e. The highest BCUT2D eigenvalue weighted by atomic mass is 16.1. The van der Waals surface area contributed by atoms with E-state index in [0.717, 1.165) is 29.7 Å². The number of imidazole rings is 1. The molecule has 0 aliphatic heterocycles. The number of aryl methyl sites for hydroxylation is 3. The second-order valence-electron chi connectivity index (χ2n) is 6.93. The SMILES string of the molecule is CCc1cccc2c(CCNC(=O)c3ccc4c(c3)nc(C)n4C)c[nH]c12. The van der Waals surface area contributed by atoms with E-state index in [0.29, 0.717) is 12.1 Å². The van der Waals surface area contributed by atoms with Gasteiger partial charge in [-0.25, -0.2) is 4.98 Å². The quantitative estimate of drug-likeness (QED) is 0.567. The molecule has 2 N–H and O–H groups in total. The van der Waals surface area contributed by atoms with Crippen molar-refractivity contribution in [3.05, 3.63) is 65.1 Å². The molecule has 2 heterocycles. The molecule has 0 saturated carbocycles. The highest BCUT2D eigenvalue weighted by molar-refractivity contribution is 5.97. The van der Waals surface area contributed by atoms with Crippen molar-refractivity contribution in [1.82, 2.24) is 19.9 Å². The number of carbonyl (C=O) groups is 1. The lowest BCUT2D eigenvalue weighted by atomic mass is 10.1. The summed E-state index contributed by atoms with van der Waals surface area (Å²) in [7, 11) is 1.98. The van der Waals surface area contributed by atoms with E-state index < -0.39 is 0 Å². The van der Waals surface area contributed by atoms with E-state index in [4.69, 9.17) is 0 Å². The number of carbonyl (C=O) groups excluding carboxylic acids is 1. The summed E-state index contributed by atoms with van der Waals surface area (Å²) in [5.74, 6) is 0.877. The molecular formula is C22H24N4O. The van der Waals surface area contributed by atoms with Gasteiger partial charge in [-0.1, -0.05) is 25.1 Å². The van der Waals surface area contributed by atoms with Gasteiger partial charge in [0, 0.05) is 36.3 Å². The van der Waals surface area contributed by atoms with Gasteiger partial charge >= 0.3 is 0 Å². The molecule has 5 nitrogen and oxygen atoms in total. The number of rotatable bonds is 5. The topological polar surface area (TPSA) is 62.7 Å². The summed E-state index contributed by atoms with van der Waals surface area (Å²) in [4.78, 5) is 20.4. The van der Waals surface area contributed by atoms with Crippen molar-refractivity contribution >= 4 is 27.8 Å². The summed E-state index contributed by atoms with van der Waals surface area (Å²) in [6, 6.07) is 12.1. The number of amides is 1. The second kappa shape index (κ2) is 6.91. The van der Waals surface area contributed by atoms with E-state index in [1.54, 1.807) is 0 Å². The highest BCUT2D eigenvalue weighted by Gasteiger charge is 2.11. The third kappa shape index (κ3) is 3.10. The number of aromatic nitrogens is 3. The lowest BCUT2D eigenvalue weighted by Crippen LogP contribution is -2.25. The van der Waals surface area contributed by atoms with E-state index in [2.05, 4.69) is 46.6 Å². The molecule has 0 aliphatic rings. The Kier molecular flexibility index (Phi) is 4.44. The minimum Gasteiger partial charge on any atom is -0.361 e. The van der Waals surface area contributed by atoms with Gasteiger partial charge in [0.15, 0.2) is 0 Å². The number of benzene rings is 2. The fourth-order valence-corrected chi connectivity index (χ4v) is 3.65. The van der Waals surface area contributed by atoms with Crippen LogP contribution in [-0.2, 0) is 19.9 Å². The average Bonchev–Trinajstić information content (AvgIpc) is 3.22. The van der Waals surface area contributed by atoms with Gasteiger partial charge in [0.05, 0.1) is 11.0 Å². The predicted molar refractivity (Wildman–Crippen MR) is 109 cm³/mol. The van der Waals surface area contributed by atoms with Crippen LogP contribution in [0.15, 0.2) is 42.6 Å². The van der Waals surface area contributed by atoms with Gasteiger partial charge in [-0.15, -0.1) is 0 Å². The fraction of sp³-hybridized carbons (Fsp3) is 0.273. The summed E-state index contributed by atoms with van der Waals surface area (Å²) < 4.78 is 2.03. The van der Waals surface area contributed by atoms with Crippen molar-refractivity contribution in [3.8, 4) is 0 Å². The van der Waals surface area contributed by atoms with Crippen molar-refractivity contribution in [2.45, 2.75) is 26.7 Å². The lowest BCUT2D eigenvalue weighted by Gasteiger charge is -2.06. The average molecular weight is 360 g/mol. The van der Waals surface area contributed by atoms with E-state index in [1.165, 1.54) is 22.0 Å². The molecule has 0 fully saturated rings. The number of H-pyrrole nitrogens is 1. The zero-order valence-corrected chi connectivity index (χ0v) is 16.0. The largest absolute Gasteiger partial charge is 0.361 e. The van der Waals surface area contributed by atoms with Crippen LogP contribution in [0.2, 0.25) is 0 Å². The summed E-state index contributed by atoms with van der Waals surface area (Å²) in [6.45, 7) is 4.72. The van der Waals surface area contributed by atoms with Crippen molar-refractivity contribution < 1.29 is 4.79 Å². The van der Waals surface area contributed by atoms with Gasteiger partial charge in [-0.2, -0.15) is 0 Å². The van der Waals surface area contributed by atoms with Crippen LogP contribution in [0, 0.1) is 6.92 Å². The van der Waals surface area contributed by atoms with E-state index in [9.17, 15) is 4.79 Å². The van der Waals surface area contributed by atoms with Gasteiger partial charge in [0.25, 0.3) is 5.91 Å². The fourth-order valence-electron chi connectivity index (χ4n) is 3.65. The van der Waals surface area contributed by atoms with Crippen LogP contribution in [0.5, 0.6) is 0 Å². The molecular weight excluding hydrogens is 336 g/mol. The van der Waals surface area contributed by atoms with Crippen LogP contribution in [0.1, 0.15) is 34.2 Å². The number of nitrogens with one attached hydrogen (secondary N) is 2. The predicted octanol–water partition coefficient (Wildman–Crippen LogP) is 3.90. The Labute approximate surface area is 158 Å². The number of para-hydroxylation sites is 1. The Morgan fingerprint density at radius 3 is 2.89 bits per heavy atom. The third-order valence-electron chi connectivity index (χ3n) is 5.31. The number of nitrogens with zero attached hydrogens (tertiary/aromatic N) is 2. The zero-order chi connectivity index (χ0) is 19.0. The maximum Gasteiger partial charge on any atom is 0.251 e. The molecule has 27 heavy (non-hydrogen) atoms. The van der Waals surface area contributed by atoms with Gasteiger partial charge in [0.1, 0.15) is 5.82 Å². The van der Waals surface area contributed by atoms with E-state index in [-0.39, 0.29) is 5.91 Å². The van der Waals surface area contributed by atoms with Crippen molar-refractivity contribution in [3.63, 3.8) is 0 Å². The molecule has 0 unspecified atom stereocenters. The van der Waals surface area contributed by atoms with E-state index in [1.807, 2.05) is 36.7 Å². The van der Waals surface area contributed by atoms with Crippen LogP contribution < -0.4 is 5.32 Å². The first kappa shape index (κ1) is 17.3. The molecule has 0 aliphatic carbocycles. The van der Waals surface area contributed by atoms with Crippen LogP contribution >= 0.6 is 0 Å². The van der Waals surface area contributed by atoms with Crippen molar-refractivity contribution in [2.24, 2.45) is 7.05 Å². The van der Waals surface area contributed by atoms with Gasteiger partial charge in [-0.05, 0) is 49.1 Å². The number of fused-ring (bicyclic) bond motifs is 2. The third-order valence-corrected chi connectivity index (χ3v) is 5.31. The standard InChI is InChI=1S/C22H24N4O/c1-4-15-6-5-7-18-17(13-24-21(15)18)10-11-23-22(27)16-8-9-20-19(12-16)25-14(2)26(20)3/h5-9,12-13,24H,4,10-11H2,1-3H3,(H,23,27). The minimum absolute atomic E-state index is 0.0608. The molecule has 0 atom stereocenters. The molecule has 2 aromatic heterocycles. The van der Waals surface area contributed by atoms with Gasteiger partial charge in [-0.3, -0.25) is 4.79 Å². The van der Waals surface area contributed by atoms with Crippen molar-refractivity contribution in [2.75, 3.05) is 6.54 Å². The summed E-state index contributed by atoms with van der Waals surface area (Å²) in [6.07, 6.45) is 3.85. The first-order chi connectivity index (χ1) is 13.1. The van der Waals surface area contributed by atoms with Crippen LogP contribution in [0.25, 0.3) is 21.9 Å². The minimum atomic E-state index is -0.0608. The molecule has 2 aromatic carbocycles. The number of hydrogen-bond acceptors (Lipinski definition) is 2. The summed E-state index contributed by atoms with van der Waals surface area (Å²) >= 11 is 0. The van der Waals surface area contributed by atoms with Crippen LogP contribution in [-0.4, -0.2) is 27.0 Å². The molecule has 0 bridgehead atoms. The highest BCUT2D eigenvalue weighted by Crippen LogP contribution is 2.22. The number of hydrogen-bond donors (Lipinski definition) is 2. The molecule has 0 saturated heterocycles. The Hall–Kier alpha value is -3.08. The lowest BCUT2D eigenvalue weighted by molar-refractivity contribution is 0.0954. The Morgan fingerprint density at radius 2 is 2.07 bits per heavy atom. The molecule has 1 amide bonds. The molecule has 4 rings (SSSR count). The maximum atomic E-state index is 12.5.